The van der Waals surface area contributed by atoms with Crippen LogP contribution >= 0.6 is 12.2 Å². The van der Waals surface area contributed by atoms with Gasteiger partial charge in [-0.25, -0.2) is 0 Å². The molecule has 0 saturated carbocycles. The lowest BCUT2D eigenvalue weighted by Gasteiger charge is -2.20. The van der Waals surface area contributed by atoms with Gasteiger partial charge in [-0.1, -0.05) is 90.5 Å². The van der Waals surface area contributed by atoms with Crippen molar-refractivity contribution in [1.82, 2.24) is 20.1 Å². The number of nitrogens with zero attached hydrogens (tertiary/aromatic N) is 2. The molecule has 3 aromatic carbocycles. The Morgan fingerprint density at radius 1 is 1.00 bits per heavy atom. The topological polar surface area (TPSA) is 62.7 Å². The summed E-state index contributed by atoms with van der Waals surface area (Å²) in [5.74, 6) is 0.537. The van der Waals surface area contributed by atoms with E-state index in [-0.39, 0.29) is 18.5 Å². The van der Waals surface area contributed by atoms with E-state index in [1.54, 1.807) is 4.57 Å². The molecule has 31 heavy (non-hydrogen) atoms. The van der Waals surface area contributed by atoms with Gasteiger partial charge in [0.05, 0.1) is 6.04 Å². The third kappa shape index (κ3) is 5.16. The minimum absolute atomic E-state index is 0.0939. The summed E-state index contributed by atoms with van der Waals surface area (Å²) in [5, 5.41) is 10.3. The third-order valence-electron chi connectivity index (χ3n) is 5.19. The number of amides is 1. The van der Waals surface area contributed by atoms with E-state index < -0.39 is 0 Å². The molecule has 0 aliphatic carbocycles. The molecule has 6 heteroatoms. The maximum atomic E-state index is 13.1. The second-order valence-corrected chi connectivity index (χ2v) is 7.91. The van der Waals surface area contributed by atoms with Crippen LogP contribution < -0.4 is 5.32 Å². The zero-order valence-corrected chi connectivity index (χ0v) is 18.1. The molecular weight excluding hydrogens is 404 g/mol. The van der Waals surface area contributed by atoms with Crippen molar-refractivity contribution in [2.24, 2.45) is 0 Å². The van der Waals surface area contributed by atoms with E-state index in [9.17, 15) is 4.79 Å². The average molecular weight is 429 g/mol. The Kier molecular flexibility index (Phi) is 6.38. The van der Waals surface area contributed by atoms with Gasteiger partial charge in [0.1, 0.15) is 6.54 Å². The van der Waals surface area contributed by atoms with Crippen LogP contribution in [-0.2, 0) is 17.8 Å². The lowest BCUT2D eigenvalue weighted by atomic mass is 9.99. The second-order valence-electron chi connectivity index (χ2n) is 7.53. The van der Waals surface area contributed by atoms with Crippen LogP contribution in [0, 0.1) is 11.7 Å². The summed E-state index contributed by atoms with van der Waals surface area (Å²) in [6, 6.07) is 28.0. The molecule has 5 nitrogen and oxygen atoms in total. The molecule has 4 aromatic rings. The molecule has 0 radical (unpaired) electrons. The number of aromatic amines is 1. The van der Waals surface area contributed by atoms with Crippen molar-refractivity contribution in [2.45, 2.75) is 25.9 Å². The first kappa shape index (κ1) is 20.8. The predicted octanol–water partition coefficient (Wildman–Crippen LogP) is 5.02. The first-order chi connectivity index (χ1) is 15.1. The fraction of sp³-hybridized carbons (Fsp3) is 0.160. The van der Waals surface area contributed by atoms with Gasteiger partial charge in [0.25, 0.3) is 0 Å². The normalized spacial score (nSPS) is 11.8. The Morgan fingerprint density at radius 3 is 2.32 bits per heavy atom. The highest BCUT2D eigenvalue weighted by Crippen LogP contribution is 2.20. The van der Waals surface area contributed by atoms with Gasteiger partial charge in [0.15, 0.2) is 10.6 Å². The molecule has 1 unspecified atom stereocenters. The monoisotopic (exact) mass is 428 g/mol. The Hall–Kier alpha value is -3.51. The molecule has 1 aromatic heterocycles. The number of aryl methyl sites for hydroxylation is 1. The molecule has 1 atom stereocenters. The quantitative estimate of drug-likeness (QED) is 0.407. The molecule has 0 fully saturated rings. The van der Waals surface area contributed by atoms with Crippen LogP contribution in [0.5, 0.6) is 0 Å². The van der Waals surface area contributed by atoms with Gasteiger partial charge in [-0.3, -0.25) is 14.5 Å². The van der Waals surface area contributed by atoms with Crippen molar-refractivity contribution in [3.63, 3.8) is 0 Å². The van der Waals surface area contributed by atoms with Crippen molar-refractivity contribution in [3.05, 3.63) is 106 Å². The molecule has 1 heterocycles. The number of benzene rings is 3. The zero-order chi connectivity index (χ0) is 21.6. The van der Waals surface area contributed by atoms with E-state index in [0.717, 1.165) is 22.3 Å². The fourth-order valence-corrected chi connectivity index (χ4v) is 3.75. The Labute approximate surface area is 186 Å². The number of hydrogen-bond donors (Lipinski definition) is 2. The summed E-state index contributed by atoms with van der Waals surface area (Å²) in [6.45, 7) is 2.13. The van der Waals surface area contributed by atoms with E-state index in [4.69, 9.17) is 12.2 Å². The van der Waals surface area contributed by atoms with Gasteiger partial charge in [0, 0.05) is 5.56 Å². The summed E-state index contributed by atoms with van der Waals surface area (Å²) in [4.78, 5) is 13.1. The molecular formula is C25H24N4OS. The molecule has 0 aliphatic heterocycles. The highest BCUT2D eigenvalue weighted by atomic mass is 32.1. The summed E-state index contributed by atoms with van der Waals surface area (Å²) >= 11 is 5.39. The number of carbonyl (C=O) groups is 1. The van der Waals surface area contributed by atoms with Crippen molar-refractivity contribution in [3.8, 4) is 11.4 Å². The van der Waals surface area contributed by atoms with E-state index in [1.165, 1.54) is 0 Å². The number of nitrogens with one attached hydrogen (secondary N) is 2. The maximum absolute atomic E-state index is 13.1. The van der Waals surface area contributed by atoms with Crippen LogP contribution in [0.3, 0.4) is 0 Å². The van der Waals surface area contributed by atoms with Crippen LogP contribution in [0.4, 0.5) is 0 Å². The first-order valence-electron chi connectivity index (χ1n) is 10.2. The number of H-pyrrole nitrogens is 1. The summed E-state index contributed by atoms with van der Waals surface area (Å²) in [5.41, 5.74) is 4.30. The van der Waals surface area contributed by atoms with Crippen molar-refractivity contribution in [1.29, 1.82) is 0 Å². The van der Waals surface area contributed by atoms with Crippen molar-refractivity contribution in [2.75, 3.05) is 0 Å². The Balaban J connectivity index is 1.55. The fourth-order valence-electron chi connectivity index (χ4n) is 3.56. The lowest BCUT2D eigenvalue weighted by Crippen LogP contribution is -2.33. The standard InChI is InChI=1S/C25H24N4OS/c1-18-12-14-21(15-13-18)24-27-28-25(31)29(24)17-23(30)26-22(20-10-6-3-7-11-20)16-19-8-4-2-5-9-19/h2-15,22H,16-17H2,1H3,(H,26,30)(H,28,31). The summed E-state index contributed by atoms with van der Waals surface area (Å²) in [7, 11) is 0. The molecule has 0 spiro atoms. The molecule has 4 rings (SSSR count). The van der Waals surface area contributed by atoms with Crippen LogP contribution in [-0.4, -0.2) is 20.7 Å². The first-order valence-corrected chi connectivity index (χ1v) is 10.6. The van der Waals surface area contributed by atoms with Crippen molar-refractivity contribution < 1.29 is 4.79 Å². The minimum atomic E-state index is -0.139. The number of aromatic nitrogens is 3. The van der Waals surface area contributed by atoms with E-state index in [0.29, 0.717) is 17.0 Å². The second kappa shape index (κ2) is 9.53. The molecule has 0 saturated heterocycles. The predicted molar refractivity (Wildman–Crippen MR) is 125 cm³/mol. The molecule has 0 bridgehead atoms. The lowest BCUT2D eigenvalue weighted by molar-refractivity contribution is -0.122. The SMILES string of the molecule is Cc1ccc(-c2n[nH]c(=S)n2CC(=O)NC(Cc2ccccc2)c2ccccc2)cc1. The minimum Gasteiger partial charge on any atom is -0.347 e. The highest BCUT2D eigenvalue weighted by Gasteiger charge is 2.18. The van der Waals surface area contributed by atoms with Gasteiger partial charge in [-0.2, -0.15) is 5.10 Å². The molecule has 156 valence electrons. The van der Waals surface area contributed by atoms with E-state index in [2.05, 4.69) is 27.6 Å². The van der Waals surface area contributed by atoms with E-state index >= 15 is 0 Å². The van der Waals surface area contributed by atoms with Crippen LogP contribution in [0.15, 0.2) is 84.9 Å². The third-order valence-corrected chi connectivity index (χ3v) is 5.50. The molecule has 0 aliphatic rings. The van der Waals surface area contributed by atoms with Gasteiger partial charge in [0.2, 0.25) is 5.91 Å². The number of rotatable bonds is 7. The summed E-state index contributed by atoms with van der Waals surface area (Å²) < 4.78 is 2.16. The molecule has 1 amide bonds. The zero-order valence-electron chi connectivity index (χ0n) is 17.3. The van der Waals surface area contributed by atoms with Crippen LogP contribution in [0.25, 0.3) is 11.4 Å². The maximum Gasteiger partial charge on any atom is 0.240 e. The smallest absolute Gasteiger partial charge is 0.240 e. The van der Waals surface area contributed by atoms with Crippen LogP contribution in [0.2, 0.25) is 0 Å². The largest absolute Gasteiger partial charge is 0.347 e. The molecule has 2 N–H and O–H groups in total. The van der Waals surface area contributed by atoms with Gasteiger partial charge in [-0.05, 0) is 36.7 Å². The van der Waals surface area contributed by atoms with Gasteiger partial charge >= 0.3 is 0 Å². The van der Waals surface area contributed by atoms with Gasteiger partial charge in [-0.15, -0.1) is 0 Å². The summed E-state index contributed by atoms with van der Waals surface area (Å²) in [6.07, 6.45) is 0.707. The highest BCUT2D eigenvalue weighted by molar-refractivity contribution is 7.71. The average Bonchev–Trinajstić information content (AvgIpc) is 3.15. The number of hydrogen-bond acceptors (Lipinski definition) is 3. The van der Waals surface area contributed by atoms with Gasteiger partial charge < -0.3 is 5.32 Å². The Morgan fingerprint density at radius 2 is 1.65 bits per heavy atom. The Bertz CT molecular complexity index is 1200. The van der Waals surface area contributed by atoms with Crippen molar-refractivity contribution >= 4 is 18.1 Å². The van der Waals surface area contributed by atoms with E-state index in [1.807, 2.05) is 79.7 Å². The van der Waals surface area contributed by atoms with Crippen LogP contribution in [0.1, 0.15) is 22.7 Å². The number of carbonyl (C=O) groups excluding carboxylic acids is 1.